The first-order valence-electron chi connectivity index (χ1n) is 8.64. The molecule has 2 N–H and O–H groups in total. The van der Waals surface area contributed by atoms with E-state index in [1.54, 1.807) is 30.3 Å². The van der Waals surface area contributed by atoms with Gasteiger partial charge in [0.15, 0.2) is 5.96 Å². The molecule has 1 atom stereocenters. The maximum atomic E-state index is 11.9. The van der Waals surface area contributed by atoms with Crippen molar-refractivity contribution in [3.05, 3.63) is 52.0 Å². The van der Waals surface area contributed by atoms with Crippen molar-refractivity contribution in [2.24, 2.45) is 4.99 Å². The second-order valence-corrected chi connectivity index (χ2v) is 7.65. The minimum atomic E-state index is 0. The summed E-state index contributed by atoms with van der Waals surface area (Å²) in [5, 5.41) is 7.54. The topological polar surface area (TPSA) is 69.6 Å². The van der Waals surface area contributed by atoms with Crippen LogP contribution in [0.25, 0.3) is 0 Å². The van der Waals surface area contributed by atoms with E-state index in [1.807, 2.05) is 36.5 Å². The molecule has 0 fully saturated rings. The lowest BCUT2D eigenvalue weighted by molar-refractivity contribution is -0.127. The Morgan fingerprint density at radius 3 is 2.56 bits per heavy atom. The van der Waals surface area contributed by atoms with Crippen LogP contribution < -0.4 is 10.6 Å². The summed E-state index contributed by atoms with van der Waals surface area (Å²) >= 11 is 1.71. The van der Waals surface area contributed by atoms with Crippen LogP contribution >= 0.6 is 35.3 Å². The third-order valence-corrected chi connectivity index (χ3v) is 4.95. The fraction of sp³-hybridized carbons (Fsp3) is 0.421. The van der Waals surface area contributed by atoms with E-state index in [9.17, 15) is 4.79 Å². The predicted octanol–water partition coefficient (Wildman–Crippen LogP) is 3.00. The van der Waals surface area contributed by atoms with Gasteiger partial charge in [-0.15, -0.1) is 35.3 Å². The number of aryl methyl sites for hydroxylation is 1. The van der Waals surface area contributed by atoms with Gasteiger partial charge in [0.25, 0.3) is 0 Å². The van der Waals surface area contributed by atoms with Gasteiger partial charge in [-0.25, -0.2) is 9.98 Å². The first-order chi connectivity index (χ1) is 12.5. The number of halogens is 1. The molecule has 2 aromatic rings. The number of carbonyl (C=O) groups is 1. The monoisotopic (exact) mass is 501 g/mol. The van der Waals surface area contributed by atoms with Crippen molar-refractivity contribution >= 4 is 47.2 Å². The molecule has 0 radical (unpaired) electrons. The van der Waals surface area contributed by atoms with E-state index in [-0.39, 0.29) is 42.3 Å². The standard InChI is InChI=1S/C19H27N5OS.HI/c1-14(18-20-11-15(2)26-18)10-21-19(23-13-17(25)24(3)4)22-12-16-8-6-5-7-9-16;/h5-9,11,14H,10,12-13H2,1-4H3,(H2,21,22,23);1H. The highest BCUT2D eigenvalue weighted by Gasteiger charge is 2.11. The fourth-order valence-corrected chi connectivity index (χ4v) is 3.01. The third kappa shape index (κ3) is 8.25. The van der Waals surface area contributed by atoms with Crippen molar-refractivity contribution in [3.63, 3.8) is 0 Å². The Bertz CT molecular complexity index is 733. The number of aromatic nitrogens is 1. The maximum Gasteiger partial charge on any atom is 0.241 e. The number of amides is 1. The number of nitrogens with one attached hydrogen (secondary N) is 2. The Kier molecular flexibility index (Phi) is 10.3. The van der Waals surface area contributed by atoms with Gasteiger partial charge in [0, 0.05) is 37.6 Å². The predicted molar refractivity (Wildman–Crippen MR) is 123 cm³/mol. The van der Waals surface area contributed by atoms with Crippen LogP contribution in [0.5, 0.6) is 0 Å². The van der Waals surface area contributed by atoms with Crippen LogP contribution in [0.1, 0.15) is 28.3 Å². The molecular weight excluding hydrogens is 473 g/mol. The highest BCUT2D eigenvalue weighted by atomic mass is 127. The molecule has 2 rings (SSSR count). The maximum absolute atomic E-state index is 11.9. The molecule has 0 aliphatic heterocycles. The van der Waals surface area contributed by atoms with Crippen LogP contribution in [-0.4, -0.2) is 48.9 Å². The van der Waals surface area contributed by atoms with Crippen molar-refractivity contribution in [1.82, 2.24) is 20.5 Å². The van der Waals surface area contributed by atoms with E-state index in [4.69, 9.17) is 0 Å². The van der Waals surface area contributed by atoms with Crippen molar-refractivity contribution in [2.75, 3.05) is 27.2 Å². The van der Waals surface area contributed by atoms with E-state index >= 15 is 0 Å². The molecule has 0 aliphatic rings. The van der Waals surface area contributed by atoms with Crippen LogP contribution in [0, 0.1) is 6.92 Å². The smallest absolute Gasteiger partial charge is 0.241 e. The van der Waals surface area contributed by atoms with Gasteiger partial charge in [0.1, 0.15) is 0 Å². The van der Waals surface area contributed by atoms with Gasteiger partial charge in [-0.3, -0.25) is 4.79 Å². The quantitative estimate of drug-likeness (QED) is 0.348. The Labute approximate surface area is 182 Å². The lowest BCUT2D eigenvalue weighted by atomic mass is 10.2. The molecule has 0 aliphatic carbocycles. The van der Waals surface area contributed by atoms with Crippen LogP contribution in [-0.2, 0) is 11.3 Å². The molecule has 27 heavy (non-hydrogen) atoms. The molecule has 1 aromatic heterocycles. The largest absolute Gasteiger partial charge is 0.356 e. The van der Waals surface area contributed by atoms with Gasteiger partial charge in [-0.05, 0) is 12.5 Å². The molecule has 1 amide bonds. The summed E-state index contributed by atoms with van der Waals surface area (Å²) in [5.74, 6) is 0.897. The van der Waals surface area contributed by atoms with E-state index in [0.717, 1.165) is 10.6 Å². The SMILES string of the molecule is Cc1cnc(C(C)CNC(=NCc2ccccc2)NCC(=O)N(C)C)s1.I. The summed E-state index contributed by atoms with van der Waals surface area (Å²) in [5.41, 5.74) is 1.12. The summed E-state index contributed by atoms with van der Waals surface area (Å²) in [6.45, 7) is 5.65. The summed E-state index contributed by atoms with van der Waals surface area (Å²) in [4.78, 5) is 23.7. The van der Waals surface area contributed by atoms with Crippen LogP contribution in [0.4, 0.5) is 0 Å². The normalized spacial score (nSPS) is 12.1. The number of hydrogen-bond acceptors (Lipinski definition) is 4. The van der Waals surface area contributed by atoms with Gasteiger partial charge in [0.05, 0.1) is 18.1 Å². The van der Waals surface area contributed by atoms with Gasteiger partial charge < -0.3 is 15.5 Å². The van der Waals surface area contributed by atoms with Gasteiger partial charge >= 0.3 is 0 Å². The molecule has 1 unspecified atom stereocenters. The van der Waals surface area contributed by atoms with E-state index < -0.39 is 0 Å². The van der Waals surface area contributed by atoms with Crippen LogP contribution in [0.15, 0.2) is 41.5 Å². The molecule has 0 saturated carbocycles. The van der Waals surface area contributed by atoms with Gasteiger partial charge in [0.2, 0.25) is 5.91 Å². The number of thiazole rings is 1. The molecule has 0 spiro atoms. The first kappa shape index (κ1) is 23.4. The second-order valence-electron chi connectivity index (χ2n) is 6.38. The second kappa shape index (κ2) is 11.9. The number of guanidine groups is 1. The molecule has 0 bridgehead atoms. The average Bonchev–Trinajstić information content (AvgIpc) is 3.07. The zero-order valence-electron chi connectivity index (χ0n) is 16.2. The van der Waals surface area contributed by atoms with E-state index in [1.165, 1.54) is 4.88 Å². The molecule has 6 nitrogen and oxygen atoms in total. The number of benzene rings is 1. The number of nitrogens with zero attached hydrogens (tertiary/aromatic N) is 3. The molecule has 1 aromatic carbocycles. The molecule has 0 saturated heterocycles. The van der Waals surface area contributed by atoms with Gasteiger partial charge in [-0.1, -0.05) is 37.3 Å². The van der Waals surface area contributed by atoms with E-state index in [0.29, 0.717) is 19.0 Å². The molecule has 148 valence electrons. The number of aliphatic imine (C=N–C) groups is 1. The molecule has 1 heterocycles. The first-order valence-corrected chi connectivity index (χ1v) is 9.46. The summed E-state index contributed by atoms with van der Waals surface area (Å²) < 4.78 is 0. The van der Waals surface area contributed by atoms with Crippen molar-refractivity contribution in [1.29, 1.82) is 0 Å². The van der Waals surface area contributed by atoms with Crippen molar-refractivity contribution < 1.29 is 4.79 Å². The zero-order chi connectivity index (χ0) is 18.9. The Hall–Kier alpha value is -1.68. The lowest BCUT2D eigenvalue weighted by Gasteiger charge is -2.16. The third-order valence-electron chi connectivity index (χ3n) is 3.80. The van der Waals surface area contributed by atoms with Crippen molar-refractivity contribution in [3.8, 4) is 0 Å². The number of carbonyl (C=O) groups excluding carboxylic acids is 1. The Balaban J connectivity index is 0.00000364. The number of hydrogen-bond donors (Lipinski definition) is 2. The summed E-state index contributed by atoms with van der Waals surface area (Å²) in [6.07, 6.45) is 1.90. The van der Waals surface area contributed by atoms with Crippen LogP contribution in [0.2, 0.25) is 0 Å². The Morgan fingerprint density at radius 2 is 1.96 bits per heavy atom. The van der Waals surface area contributed by atoms with E-state index in [2.05, 4.69) is 34.5 Å². The number of likely N-dealkylation sites (N-methyl/N-ethyl adjacent to an activating group) is 1. The minimum absolute atomic E-state index is 0. The fourth-order valence-electron chi connectivity index (χ4n) is 2.18. The summed E-state index contributed by atoms with van der Waals surface area (Å²) in [7, 11) is 3.48. The summed E-state index contributed by atoms with van der Waals surface area (Å²) in [6, 6.07) is 10.0. The minimum Gasteiger partial charge on any atom is -0.356 e. The molecular formula is C19H28IN5OS. The lowest BCUT2D eigenvalue weighted by Crippen LogP contribution is -2.43. The van der Waals surface area contributed by atoms with Gasteiger partial charge in [-0.2, -0.15) is 0 Å². The average molecular weight is 501 g/mol. The highest BCUT2D eigenvalue weighted by Crippen LogP contribution is 2.20. The van der Waals surface area contributed by atoms with Crippen LogP contribution in [0.3, 0.4) is 0 Å². The van der Waals surface area contributed by atoms with Crippen molar-refractivity contribution in [2.45, 2.75) is 26.3 Å². The zero-order valence-corrected chi connectivity index (χ0v) is 19.4. The highest BCUT2D eigenvalue weighted by molar-refractivity contribution is 14.0. The molecule has 8 heteroatoms. The number of rotatable bonds is 7. The Morgan fingerprint density at radius 1 is 1.26 bits per heavy atom.